The van der Waals surface area contributed by atoms with E-state index in [0.717, 1.165) is 44.5 Å². The number of nitrogens with zero attached hydrogens (tertiary/aromatic N) is 3. The normalized spacial score (nSPS) is 16.2. The Morgan fingerprint density at radius 1 is 1.43 bits per heavy atom. The highest BCUT2D eigenvalue weighted by atomic mass is 16.2. The highest BCUT2D eigenvalue weighted by molar-refractivity contribution is 6.00. The lowest BCUT2D eigenvalue weighted by atomic mass is 9.97. The molecule has 0 radical (unpaired) electrons. The third-order valence-corrected chi connectivity index (χ3v) is 4.26. The van der Waals surface area contributed by atoms with Gasteiger partial charge in [0.25, 0.3) is 5.91 Å². The topological polar surface area (TPSA) is 49.6 Å². The predicted octanol–water partition coefficient (Wildman–Crippen LogP) is 1.80. The highest BCUT2D eigenvalue weighted by Gasteiger charge is 2.22. The molecule has 1 aliphatic rings. The molecule has 0 atom stereocenters. The van der Waals surface area contributed by atoms with Gasteiger partial charge in [0.2, 0.25) is 0 Å². The van der Waals surface area contributed by atoms with Crippen LogP contribution in [0.4, 0.5) is 0 Å². The zero-order valence-electron chi connectivity index (χ0n) is 12.5. The molecule has 1 saturated heterocycles. The van der Waals surface area contributed by atoms with Crippen LogP contribution >= 0.6 is 0 Å². The number of fused-ring (bicyclic) bond motifs is 1. The van der Waals surface area contributed by atoms with Crippen LogP contribution in [0.2, 0.25) is 0 Å². The second-order valence-electron chi connectivity index (χ2n) is 5.63. The smallest absolute Gasteiger partial charge is 0.257 e. The van der Waals surface area contributed by atoms with Crippen molar-refractivity contribution in [2.45, 2.75) is 19.8 Å². The number of aromatic nitrogens is 2. The molecule has 0 aliphatic carbocycles. The van der Waals surface area contributed by atoms with E-state index in [4.69, 9.17) is 0 Å². The first-order valence-electron chi connectivity index (χ1n) is 7.72. The van der Waals surface area contributed by atoms with Gasteiger partial charge in [-0.1, -0.05) is 6.07 Å². The minimum Gasteiger partial charge on any atom is -0.339 e. The van der Waals surface area contributed by atoms with Gasteiger partial charge in [-0.15, -0.1) is 0 Å². The standard InChI is InChI=1S/C16H22N4O/c1-2-19(12-13-6-8-17-9-7-13)16(21)14-11-18-20-10-4-3-5-15(14)20/h3-5,10-11,13,17H,2,6-9,12H2,1H3. The van der Waals surface area contributed by atoms with Crippen molar-refractivity contribution < 1.29 is 4.79 Å². The van der Waals surface area contributed by atoms with Gasteiger partial charge in [-0.3, -0.25) is 4.79 Å². The minimum absolute atomic E-state index is 0.0947. The molecule has 0 unspecified atom stereocenters. The molecule has 21 heavy (non-hydrogen) atoms. The molecule has 1 fully saturated rings. The Bertz CT molecular complexity index is 616. The van der Waals surface area contributed by atoms with Crippen molar-refractivity contribution in [1.29, 1.82) is 0 Å². The first-order valence-corrected chi connectivity index (χ1v) is 7.72. The van der Waals surface area contributed by atoms with E-state index in [1.807, 2.05) is 36.2 Å². The first-order chi connectivity index (χ1) is 10.3. The maximum atomic E-state index is 12.8. The van der Waals surface area contributed by atoms with Crippen LogP contribution in [0.5, 0.6) is 0 Å². The van der Waals surface area contributed by atoms with Crippen LogP contribution in [0.1, 0.15) is 30.1 Å². The summed E-state index contributed by atoms with van der Waals surface area (Å²) in [5, 5.41) is 7.63. The van der Waals surface area contributed by atoms with Crippen LogP contribution < -0.4 is 5.32 Å². The number of hydrogen-bond donors (Lipinski definition) is 1. The zero-order chi connectivity index (χ0) is 14.7. The summed E-state index contributed by atoms with van der Waals surface area (Å²) in [5.41, 5.74) is 1.58. The molecule has 112 valence electrons. The van der Waals surface area contributed by atoms with Crippen molar-refractivity contribution in [2.75, 3.05) is 26.2 Å². The van der Waals surface area contributed by atoms with E-state index in [9.17, 15) is 4.79 Å². The van der Waals surface area contributed by atoms with Gasteiger partial charge < -0.3 is 10.2 Å². The Morgan fingerprint density at radius 2 is 2.24 bits per heavy atom. The zero-order valence-corrected chi connectivity index (χ0v) is 12.5. The van der Waals surface area contributed by atoms with Gasteiger partial charge in [-0.05, 0) is 50.9 Å². The molecule has 1 amide bonds. The first kappa shape index (κ1) is 14.1. The van der Waals surface area contributed by atoms with Crippen molar-refractivity contribution in [1.82, 2.24) is 19.8 Å². The Labute approximate surface area is 124 Å². The number of carbonyl (C=O) groups excluding carboxylic acids is 1. The Balaban J connectivity index is 1.78. The Kier molecular flexibility index (Phi) is 4.20. The van der Waals surface area contributed by atoms with Crippen molar-refractivity contribution in [3.05, 3.63) is 36.2 Å². The molecule has 2 aromatic rings. The molecule has 5 nitrogen and oxygen atoms in total. The second-order valence-corrected chi connectivity index (χ2v) is 5.63. The number of piperidine rings is 1. The predicted molar refractivity (Wildman–Crippen MR) is 82.4 cm³/mol. The van der Waals surface area contributed by atoms with Gasteiger partial charge in [0.1, 0.15) is 0 Å². The van der Waals surface area contributed by atoms with Crippen LogP contribution in [0.15, 0.2) is 30.6 Å². The average molecular weight is 286 g/mol. The van der Waals surface area contributed by atoms with Crippen molar-refractivity contribution >= 4 is 11.4 Å². The molecule has 0 spiro atoms. The lowest BCUT2D eigenvalue weighted by molar-refractivity contribution is 0.0728. The van der Waals surface area contributed by atoms with E-state index < -0.39 is 0 Å². The van der Waals surface area contributed by atoms with Crippen LogP contribution in [-0.4, -0.2) is 46.6 Å². The quantitative estimate of drug-likeness (QED) is 0.932. The number of hydrogen-bond acceptors (Lipinski definition) is 3. The monoisotopic (exact) mass is 286 g/mol. The fraction of sp³-hybridized carbons (Fsp3) is 0.500. The summed E-state index contributed by atoms with van der Waals surface area (Å²) in [6.45, 7) is 5.76. The van der Waals surface area contributed by atoms with Gasteiger partial charge in [-0.2, -0.15) is 5.10 Å². The average Bonchev–Trinajstić information content (AvgIpc) is 2.97. The highest BCUT2D eigenvalue weighted by Crippen LogP contribution is 2.17. The number of pyridine rings is 1. The van der Waals surface area contributed by atoms with Crippen molar-refractivity contribution in [2.24, 2.45) is 5.92 Å². The molecule has 5 heteroatoms. The van der Waals surface area contributed by atoms with E-state index in [2.05, 4.69) is 10.4 Å². The summed E-state index contributed by atoms with van der Waals surface area (Å²) in [7, 11) is 0. The Hall–Kier alpha value is -1.88. The molecule has 0 bridgehead atoms. The van der Waals surface area contributed by atoms with Gasteiger partial charge in [0.05, 0.1) is 17.3 Å². The number of rotatable bonds is 4. The number of nitrogens with one attached hydrogen (secondary N) is 1. The molecular weight excluding hydrogens is 264 g/mol. The largest absolute Gasteiger partial charge is 0.339 e. The van der Waals surface area contributed by atoms with E-state index in [0.29, 0.717) is 11.5 Å². The third-order valence-electron chi connectivity index (χ3n) is 4.26. The maximum absolute atomic E-state index is 12.8. The minimum atomic E-state index is 0.0947. The Morgan fingerprint density at radius 3 is 3.00 bits per heavy atom. The summed E-state index contributed by atoms with van der Waals surface area (Å²) in [5.74, 6) is 0.703. The van der Waals surface area contributed by atoms with E-state index in [1.54, 1.807) is 10.7 Å². The second kappa shape index (κ2) is 6.26. The van der Waals surface area contributed by atoms with Gasteiger partial charge in [-0.25, -0.2) is 4.52 Å². The van der Waals surface area contributed by atoms with E-state index in [1.165, 1.54) is 0 Å². The van der Waals surface area contributed by atoms with Gasteiger partial charge in [0, 0.05) is 19.3 Å². The third kappa shape index (κ3) is 2.93. The summed E-state index contributed by atoms with van der Waals surface area (Å²) in [6.07, 6.45) is 5.86. The summed E-state index contributed by atoms with van der Waals surface area (Å²) >= 11 is 0. The SMILES string of the molecule is CCN(CC1CCNCC1)C(=O)c1cnn2ccccc12. The number of carbonyl (C=O) groups is 1. The molecule has 2 aromatic heterocycles. The van der Waals surface area contributed by atoms with Crippen LogP contribution in [0.3, 0.4) is 0 Å². The van der Waals surface area contributed by atoms with Gasteiger partial charge >= 0.3 is 0 Å². The molecule has 1 N–H and O–H groups in total. The summed E-state index contributed by atoms with van der Waals surface area (Å²) in [4.78, 5) is 14.7. The van der Waals surface area contributed by atoms with Crippen molar-refractivity contribution in [3.63, 3.8) is 0 Å². The fourth-order valence-electron chi connectivity index (χ4n) is 3.00. The molecule has 1 aliphatic heterocycles. The molecule has 3 heterocycles. The lowest BCUT2D eigenvalue weighted by Gasteiger charge is -2.29. The summed E-state index contributed by atoms with van der Waals surface area (Å²) < 4.78 is 1.76. The van der Waals surface area contributed by atoms with Gasteiger partial charge in [0.15, 0.2) is 0 Å². The number of amides is 1. The molecule has 0 aromatic carbocycles. The van der Waals surface area contributed by atoms with Crippen LogP contribution in [0, 0.1) is 5.92 Å². The van der Waals surface area contributed by atoms with E-state index >= 15 is 0 Å². The molecule has 3 rings (SSSR count). The fourth-order valence-corrected chi connectivity index (χ4v) is 3.00. The summed E-state index contributed by atoms with van der Waals surface area (Å²) in [6, 6.07) is 5.80. The van der Waals surface area contributed by atoms with Crippen LogP contribution in [-0.2, 0) is 0 Å². The van der Waals surface area contributed by atoms with Crippen molar-refractivity contribution in [3.8, 4) is 0 Å². The maximum Gasteiger partial charge on any atom is 0.257 e. The lowest BCUT2D eigenvalue weighted by Crippen LogP contribution is -2.39. The van der Waals surface area contributed by atoms with Crippen LogP contribution in [0.25, 0.3) is 5.52 Å². The molecule has 0 saturated carbocycles. The van der Waals surface area contributed by atoms with E-state index in [-0.39, 0.29) is 5.91 Å². The molecular formula is C16H22N4O.